The van der Waals surface area contributed by atoms with Crippen molar-refractivity contribution in [2.45, 2.75) is 57.5 Å². The van der Waals surface area contributed by atoms with Gasteiger partial charge in [-0.25, -0.2) is 0 Å². The summed E-state index contributed by atoms with van der Waals surface area (Å²) in [7, 11) is 5.01. The van der Waals surface area contributed by atoms with Gasteiger partial charge < -0.3 is 29.6 Å². The van der Waals surface area contributed by atoms with Crippen LogP contribution in [0.2, 0.25) is 0 Å². The molecule has 1 aliphatic carbocycles. The number of hydrogen-bond acceptors (Lipinski definition) is 10. The van der Waals surface area contributed by atoms with Crippen molar-refractivity contribution in [3.8, 4) is 22.6 Å². The summed E-state index contributed by atoms with van der Waals surface area (Å²) in [5.74, 6) is 1.41. The Morgan fingerprint density at radius 3 is 2.39 bits per heavy atom. The molecule has 2 aromatic carbocycles. The summed E-state index contributed by atoms with van der Waals surface area (Å²) in [6.45, 7) is 5.73. The fraction of sp³-hybridized carbons (Fsp3) is 0.462. The number of rotatable bonds is 14. The number of hydrogen-bond donors (Lipinski definition) is 2. The Bertz CT molecular complexity index is 1820. The summed E-state index contributed by atoms with van der Waals surface area (Å²) in [5.41, 5.74) is 6.23. The number of nitrogens with one attached hydrogen (secondary N) is 2. The maximum atomic E-state index is 12.7. The molecule has 3 aliphatic rings. The lowest BCUT2D eigenvalue weighted by Crippen LogP contribution is -2.47. The highest BCUT2D eigenvalue weighted by Crippen LogP contribution is 2.37. The summed E-state index contributed by atoms with van der Waals surface area (Å²) in [6, 6.07) is 11.8. The van der Waals surface area contributed by atoms with E-state index in [4.69, 9.17) is 9.47 Å². The summed E-state index contributed by atoms with van der Waals surface area (Å²) >= 11 is 0. The SMILES string of the molecule is COc1cc(-c2cn(C)c(=O)c3c2C=NC3)cc(OC)c1CCCC(=O)NCCCN1CCN(c2ccc(NC3CCC(=O)CC3=O)cc2)CC1. The topological polar surface area (TPSA) is 135 Å². The van der Waals surface area contributed by atoms with Crippen molar-refractivity contribution in [2.75, 3.05) is 63.7 Å². The normalized spacial score (nSPS) is 17.4. The Hall–Kier alpha value is -4.97. The lowest BCUT2D eigenvalue weighted by Gasteiger charge is -2.36. The van der Waals surface area contributed by atoms with Gasteiger partial charge in [0.1, 0.15) is 17.3 Å². The Morgan fingerprint density at radius 2 is 1.71 bits per heavy atom. The first kappa shape index (κ1) is 35.8. The molecule has 51 heavy (non-hydrogen) atoms. The maximum Gasteiger partial charge on any atom is 0.256 e. The molecule has 6 rings (SSSR count). The number of amides is 1. The van der Waals surface area contributed by atoms with Gasteiger partial charge in [-0.15, -0.1) is 0 Å². The number of aryl methyl sites for hydroxylation is 1. The van der Waals surface area contributed by atoms with Crippen LogP contribution in [0.25, 0.3) is 11.1 Å². The second-order valence-electron chi connectivity index (χ2n) is 13.5. The molecule has 1 unspecified atom stereocenters. The van der Waals surface area contributed by atoms with Gasteiger partial charge in [0.2, 0.25) is 5.91 Å². The van der Waals surface area contributed by atoms with E-state index in [0.717, 1.165) is 72.8 Å². The Labute approximate surface area is 298 Å². The molecule has 2 aliphatic heterocycles. The first-order valence-corrected chi connectivity index (χ1v) is 17.9. The number of ether oxygens (including phenoxy) is 2. The highest BCUT2D eigenvalue weighted by Gasteiger charge is 2.27. The van der Waals surface area contributed by atoms with Gasteiger partial charge in [-0.3, -0.25) is 29.1 Å². The lowest BCUT2D eigenvalue weighted by molar-refractivity contribution is -0.130. The second kappa shape index (κ2) is 16.4. The van der Waals surface area contributed by atoms with E-state index in [0.29, 0.717) is 62.3 Å². The average Bonchev–Trinajstić information content (AvgIpc) is 3.64. The lowest BCUT2D eigenvalue weighted by atomic mass is 9.93. The molecule has 1 aromatic heterocycles. The summed E-state index contributed by atoms with van der Waals surface area (Å²) in [5, 5.41) is 6.37. The van der Waals surface area contributed by atoms with E-state index >= 15 is 0 Å². The van der Waals surface area contributed by atoms with Crippen molar-refractivity contribution in [1.82, 2.24) is 14.8 Å². The van der Waals surface area contributed by atoms with Crippen molar-refractivity contribution in [1.29, 1.82) is 0 Å². The number of aliphatic imine (C=N–C) groups is 1. The van der Waals surface area contributed by atoms with Crippen LogP contribution in [0.4, 0.5) is 11.4 Å². The Morgan fingerprint density at radius 1 is 0.980 bits per heavy atom. The van der Waals surface area contributed by atoms with E-state index in [2.05, 4.69) is 37.6 Å². The number of aromatic nitrogens is 1. The fourth-order valence-electron chi connectivity index (χ4n) is 7.23. The molecule has 270 valence electrons. The fourth-order valence-corrected chi connectivity index (χ4v) is 7.23. The zero-order chi connectivity index (χ0) is 35.9. The number of pyridine rings is 1. The number of benzene rings is 2. The average molecular weight is 697 g/mol. The zero-order valence-electron chi connectivity index (χ0n) is 29.8. The van der Waals surface area contributed by atoms with Crippen LogP contribution in [0.5, 0.6) is 11.5 Å². The number of methoxy groups -OCH3 is 2. The Balaban J connectivity index is 0.910. The third kappa shape index (κ3) is 8.50. The molecule has 1 atom stereocenters. The van der Waals surface area contributed by atoms with Gasteiger partial charge in [0.15, 0.2) is 5.78 Å². The Kier molecular flexibility index (Phi) is 11.5. The van der Waals surface area contributed by atoms with Crippen molar-refractivity contribution in [2.24, 2.45) is 12.0 Å². The van der Waals surface area contributed by atoms with Crippen LogP contribution in [0.15, 0.2) is 52.4 Å². The summed E-state index contributed by atoms with van der Waals surface area (Å²) in [4.78, 5) is 58.1. The van der Waals surface area contributed by atoms with E-state index < -0.39 is 0 Å². The van der Waals surface area contributed by atoms with Gasteiger partial charge in [0, 0.05) is 98.7 Å². The number of nitrogens with zero attached hydrogens (tertiary/aromatic N) is 4. The van der Waals surface area contributed by atoms with E-state index in [1.54, 1.807) is 32.0 Å². The quantitative estimate of drug-likeness (QED) is 0.191. The number of fused-ring (bicyclic) bond motifs is 1. The molecule has 0 radical (unpaired) electrons. The molecule has 1 saturated heterocycles. The minimum atomic E-state index is -0.281. The molecular weight excluding hydrogens is 648 g/mol. The van der Waals surface area contributed by atoms with E-state index in [-0.39, 0.29) is 35.5 Å². The van der Waals surface area contributed by atoms with E-state index in [1.807, 2.05) is 30.5 Å². The molecule has 0 bridgehead atoms. The minimum absolute atomic E-state index is 0.0226. The van der Waals surface area contributed by atoms with Crippen LogP contribution >= 0.6 is 0 Å². The van der Waals surface area contributed by atoms with Crippen molar-refractivity contribution >= 4 is 35.1 Å². The number of carbonyl (C=O) groups is 3. The molecule has 1 amide bonds. The van der Waals surface area contributed by atoms with E-state index in [9.17, 15) is 19.2 Å². The van der Waals surface area contributed by atoms with Crippen molar-refractivity contribution in [3.05, 3.63) is 69.6 Å². The zero-order valence-corrected chi connectivity index (χ0v) is 29.8. The molecule has 12 nitrogen and oxygen atoms in total. The number of anilines is 2. The first-order chi connectivity index (χ1) is 24.7. The molecule has 2 N–H and O–H groups in total. The summed E-state index contributed by atoms with van der Waals surface area (Å²) in [6.07, 6.45) is 7.21. The monoisotopic (exact) mass is 696 g/mol. The van der Waals surface area contributed by atoms with Gasteiger partial charge in [-0.2, -0.15) is 0 Å². The van der Waals surface area contributed by atoms with Crippen molar-refractivity contribution < 1.29 is 23.9 Å². The molecule has 12 heteroatoms. The number of ketones is 2. The molecular formula is C39H48N6O6. The van der Waals surface area contributed by atoms with E-state index in [1.165, 1.54) is 0 Å². The molecule has 3 heterocycles. The van der Waals surface area contributed by atoms with Crippen LogP contribution in [-0.2, 0) is 34.4 Å². The number of piperazine rings is 1. The highest BCUT2D eigenvalue weighted by atomic mass is 16.5. The van der Waals surface area contributed by atoms with Gasteiger partial charge in [0.25, 0.3) is 5.56 Å². The predicted octanol–water partition coefficient (Wildman–Crippen LogP) is 3.76. The molecule has 3 aromatic rings. The number of Topliss-reactive ketones (excluding diaryl/α,β-unsaturated/α-hetero) is 2. The number of carbonyl (C=O) groups excluding carboxylic acids is 3. The van der Waals surface area contributed by atoms with Crippen LogP contribution in [0.1, 0.15) is 55.2 Å². The standard InChI is InChI=1S/C39H48N6O6/c1-43-25-33(31-23-40-24-32(31)39(43)49)26-20-36(50-2)30(37(21-26)51-3)6-4-7-38(48)41-14-5-15-44-16-18-45(19-17-44)28-10-8-27(9-11-28)42-34-13-12-29(46)22-35(34)47/h8-11,20-21,23,25,34,42H,4-7,12-19,22,24H2,1-3H3,(H,41,48). The largest absolute Gasteiger partial charge is 0.496 e. The van der Waals surface area contributed by atoms with Gasteiger partial charge in [-0.05, 0) is 74.2 Å². The maximum absolute atomic E-state index is 12.7. The molecule has 2 fully saturated rings. The third-order valence-electron chi connectivity index (χ3n) is 10.1. The molecule has 0 spiro atoms. The molecule has 1 saturated carbocycles. The van der Waals surface area contributed by atoms with Crippen LogP contribution in [0, 0.1) is 0 Å². The highest BCUT2D eigenvalue weighted by molar-refractivity contribution is 6.05. The van der Waals surface area contributed by atoms with Crippen molar-refractivity contribution in [3.63, 3.8) is 0 Å². The summed E-state index contributed by atoms with van der Waals surface area (Å²) < 4.78 is 13.1. The first-order valence-electron chi connectivity index (χ1n) is 17.9. The van der Waals surface area contributed by atoms with Crippen LogP contribution < -0.4 is 30.6 Å². The van der Waals surface area contributed by atoms with Gasteiger partial charge in [0.05, 0.1) is 33.2 Å². The van der Waals surface area contributed by atoms with Gasteiger partial charge >= 0.3 is 0 Å². The third-order valence-corrected chi connectivity index (χ3v) is 10.1. The van der Waals surface area contributed by atoms with Gasteiger partial charge in [-0.1, -0.05) is 0 Å². The minimum Gasteiger partial charge on any atom is -0.496 e. The smallest absolute Gasteiger partial charge is 0.256 e. The second-order valence-corrected chi connectivity index (χ2v) is 13.5. The van der Waals surface area contributed by atoms with Crippen LogP contribution in [-0.4, -0.2) is 92.7 Å². The predicted molar refractivity (Wildman–Crippen MR) is 198 cm³/mol. The van der Waals surface area contributed by atoms with Crippen LogP contribution in [0.3, 0.4) is 0 Å².